The standard InChI is InChI=1S/C22H22ClN5O2S/c1-14-4-6-15(7-5-14)18-25-26-21(28(18)17-10-8-16(23)9-11-17)31-13-12-27-19(29)22(2,3)24-20(27)30/h4-11H,12-13H2,1-3H3,(H,24,30). The second kappa shape index (κ2) is 8.36. The molecule has 2 heterocycles. The second-order valence-corrected chi connectivity index (χ2v) is 9.34. The highest BCUT2D eigenvalue weighted by atomic mass is 35.5. The minimum Gasteiger partial charge on any atom is -0.324 e. The van der Waals surface area contributed by atoms with Gasteiger partial charge in [0.1, 0.15) is 5.54 Å². The summed E-state index contributed by atoms with van der Waals surface area (Å²) in [5, 5.41) is 12.8. The highest BCUT2D eigenvalue weighted by molar-refractivity contribution is 7.99. The lowest BCUT2D eigenvalue weighted by Gasteiger charge is -2.16. The van der Waals surface area contributed by atoms with Gasteiger partial charge in [0, 0.05) is 28.6 Å². The normalized spacial score (nSPS) is 15.4. The molecule has 1 aliphatic heterocycles. The lowest BCUT2D eigenvalue weighted by atomic mass is 10.1. The Hall–Kier alpha value is -2.84. The Morgan fingerprint density at radius 3 is 2.32 bits per heavy atom. The van der Waals surface area contributed by atoms with Crippen molar-refractivity contribution in [2.75, 3.05) is 12.3 Å². The second-order valence-electron chi connectivity index (χ2n) is 7.84. The van der Waals surface area contributed by atoms with Gasteiger partial charge in [0.15, 0.2) is 11.0 Å². The van der Waals surface area contributed by atoms with Gasteiger partial charge >= 0.3 is 6.03 Å². The van der Waals surface area contributed by atoms with Gasteiger partial charge in [-0.3, -0.25) is 14.3 Å². The summed E-state index contributed by atoms with van der Waals surface area (Å²) in [6.07, 6.45) is 0. The number of carbonyl (C=O) groups excluding carboxylic acids is 2. The molecule has 7 nitrogen and oxygen atoms in total. The zero-order valence-electron chi connectivity index (χ0n) is 17.4. The van der Waals surface area contributed by atoms with E-state index in [2.05, 4.69) is 15.5 Å². The van der Waals surface area contributed by atoms with Crippen LogP contribution in [0.15, 0.2) is 53.7 Å². The molecule has 1 saturated heterocycles. The van der Waals surface area contributed by atoms with Crippen LogP contribution in [0.5, 0.6) is 0 Å². The molecule has 1 fully saturated rings. The number of nitrogens with zero attached hydrogens (tertiary/aromatic N) is 4. The molecule has 3 amide bonds. The smallest absolute Gasteiger partial charge is 0.324 e. The molecule has 1 aliphatic rings. The molecule has 2 aromatic carbocycles. The van der Waals surface area contributed by atoms with Crippen molar-refractivity contribution in [3.05, 3.63) is 59.1 Å². The molecule has 160 valence electrons. The van der Waals surface area contributed by atoms with E-state index in [4.69, 9.17) is 11.6 Å². The van der Waals surface area contributed by atoms with Crippen molar-refractivity contribution < 1.29 is 9.59 Å². The highest BCUT2D eigenvalue weighted by Crippen LogP contribution is 2.29. The third-order valence-electron chi connectivity index (χ3n) is 5.02. The number of nitrogens with one attached hydrogen (secondary N) is 1. The molecule has 3 aromatic rings. The maximum Gasteiger partial charge on any atom is 0.325 e. The van der Waals surface area contributed by atoms with Gasteiger partial charge in [-0.15, -0.1) is 10.2 Å². The van der Waals surface area contributed by atoms with Crippen molar-refractivity contribution >= 4 is 35.3 Å². The molecule has 0 atom stereocenters. The Kier molecular flexibility index (Phi) is 5.77. The van der Waals surface area contributed by atoms with E-state index < -0.39 is 5.54 Å². The maximum atomic E-state index is 12.4. The Morgan fingerprint density at radius 1 is 1.03 bits per heavy atom. The minimum absolute atomic E-state index is 0.224. The van der Waals surface area contributed by atoms with Gasteiger partial charge < -0.3 is 5.32 Å². The van der Waals surface area contributed by atoms with Crippen LogP contribution < -0.4 is 5.32 Å². The van der Waals surface area contributed by atoms with E-state index in [9.17, 15) is 9.59 Å². The van der Waals surface area contributed by atoms with Gasteiger partial charge in [0.25, 0.3) is 5.91 Å². The van der Waals surface area contributed by atoms with Crippen molar-refractivity contribution in [1.29, 1.82) is 0 Å². The molecule has 0 bridgehead atoms. The van der Waals surface area contributed by atoms with Crippen LogP contribution in [0.2, 0.25) is 5.02 Å². The largest absolute Gasteiger partial charge is 0.325 e. The van der Waals surface area contributed by atoms with Crippen LogP contribution in [-0.2, 0) is 4.79 Å². The van der Waals surface area contributed by atoms with E-state index in [0.29, 0.717) is 21.8 Å². The van der Waals surface area contributed by atoms with Crippen LogP contribution in [0.3, 0.4) is 0 Å². The Morgan fingerprint density at radius 2 is 1.71 bits per heavy atom. The number of imide groups is 1. The van der Waals surface area contributed by atoms with Gasteiger partial charge in [-0.05, 0) is 45.0 Å². The van der Waals surface area contributed by atoms with Crippen molar-refractivity contribution in [2.24, 2.45) is 0 Å². The summed E-state index contributed by atoms with van der Waals surface area (Å²) in [4.78, 5) is 25.8. The average Bonchev–Trinajstić information content (AvgIpc) is 3.23. The highest BCUT2D eigenvalue weighted by Gasteiger charge is 2.43. The Labute approximate surface area is 189 Å². The van der Waals surface area contributed by atoms with Crippen molar-refractivity contribution in [3.63, 3.8) is 0 Å². The third-order valence-corrected chi connectivity index (χ3v) is 6.18. The number of thioether (sulfide) groups is 1. The quantitative estimate of drug-likeness (QED) is 0.442. The summed E-state index contributed by atoms with van der Waals surface area (Å²) < 4.78 is 1.96. The lowest BCUT2D eigenvalue weighted by molar-refractivity contribution is -0.130. The zero-order chi connectivity index (χ0) is 22.2. The monoisotopic (exact) mass is 455 g/mol. The molecule has 0 spiro atoms. The molecule has 0 unspecified atom stereocenters. The Bertz CT molecular complexity index is 1130. The molecule has 1 aromatic heterocycles. The molecule has 4 rings (SSSR count). The van der Waals surface area contributed by atoms with Crippen LogP contribution in [0.4, 0.5) is 4.79 Å². The SMILES string of the molecule is Cc1ccc(-c2nnc(SCCN3C(=O)NC(C)(C)C3=O)n2-c2ccc(Cl)cc2)cc1. The Balaban J connectivity index is 1.60. The summed E-state index contributed by atoms with van der Waals surface area (Å²) >= 11 is 7.51. The number of carbonyl (C=O) groups is 2. The number of benzene rings is 2. The molecule has 0 radical (unpaired) electrons. The van der Waals surface area contributed by atoms with Crippen LogP contribution in [0.25, 0.3) is 17.1 Å². The lowest BCUT2D eigenvalue weighted by Crippen LogP contribution is -2.40. The van der Waals surface area contributed by atoms with E-state index >= 15 is 0 Å². The zero-order valence-corrected chi connectivity index (χ0v) is 19.0. The third kappa shape index (κ3) is 4.31. The van der Waals surface area contributed by atoms with E-state index in [1.165, 1.54) is 16.7 Å². The van der Waals surface area contributed by atoms with E-state index in [1.807, 2.05) is 60.0 Å². The average molecular weight is 456 g/mol. The molecule has 0 saturated carbocycles. The fourth-order valence-corrected chi connectivity index (χ4v) is 4.33. The number of rotatable bonds is 6. The fraction of sp³-hybridized carbons (Fsp3) is 0.273. The molecular formula is C22H22ClN5O2S. The number of aryl methyl sites for hydroxylation is 1. The topological polar surface area (TPSA) is 80.1 Å². The molecule has 31 heavy (non-hydrogen) atoms. The number of hydrogen-bond donors (Lipinski definition) is 1. The summed E-state index contributed by atoms with van der Waals surface area (Å²) in [6.45, 7) is 5.72. The van der Waals surface area contributed by atoms with Crippen molar-refractivity contribution in [3.8, 4) is 17.1 Å². The van der Waals surface area contributed by atoms with Crippen LogP contribution in [0, 0.1) is 6.92 Å². The van der Waals surface area contributed by atoms with Crippen LogP contribution >= 0.6 is 23.4 Å². The van der Waals surface area contributed by atoms with Crippen LogP contribution in [-0.4, -0.2) is 49.4 Å². The molecule has 0 aliphatic carbocycles. The predicted molar refractivity (Wildman–Crippen MR) is 122 cm³/mol. The van der Waals surface area contributed by atoms with Crippen molar-refractivity contribution in [2.45, 2.75) is 31.5 Å². The fourth-order valence-electron chi connectivity index (χ4n) is 3.33. The molecule has 9 heteroatoms. The predicted octanol–water partition coefficient (Wildman–Crippen LogP) is 4.32. The number of amides is 3. The summed E-state index contributed by atoms with van der Waals surface area (Å²) in [5.74, 6) is 0.980. The van der Waals surface area contributed by atoms with Gasteiger partial charge in [0.05, 0.1) is 0 Å². The molecule has 1 N–H and O–H groups in total. The number of hydrogen-bond acceptors (Lipinski definition) is 5. The van der Waals surface area contributed by atoms with Crippen molar-refractivity contribution in [1.82, 2.24) is 25.0 Å². The summed E-state index contributed by atoms with van der Waals surface area (Å²) in [5.41, 5.74) is 2.11. The number of urea groups is 1. The first kappa shape index (κ1) is 21.4. The first-order chi connectivity index (χ1) is 14.8. The molecular weight excluding hydrogens is 434 g/mol. The van der Waals surface area contributed by atoms with E-state index in [-0.39, 0.29) is 18.5 Å². The summed E-state index contributed by atoms with van der Waals surface area (Å²) in [6, 6.07) is 15.2. The van der Waals surface area contributed by atoms with Gasteiger partial charge in [-0.25, -0.2) is 4.79 Å². The maximum absolute atomic E-state index is 12.4. The first-order valence-corrected chi connectivity index (χ1v) is 11.2. The van der Waals surface area contributed by atoms with E-state index in [1.54, 1.807) is 13.8 Å². The van der Waals surface area contributed by atoms with Gasteiger partial charge in [-0.1, -0.05) is 53.2 Å². The summed E-state index contributed by atoms with van der Waals surface area (Å²) in [7, 11) is 0. The van der Waals surface area contributed by atoms with Gasteiger partial charge in [0.2, 0.25) is 0 Å². The first-order valence-electron chi connectivity index (χ1n) is 9.81. The van der Waals surface area contributed by atoms with E-state index in [0.717, 1.165) is 16.8 Å². The van der Waals surface area contributed by atoms with Gasteiger partial charge in [-0.2, -0.15) is 0 Å². The van der Waals surface area contributed by atoms with Crippen LogP contribution in [0.1, 0.15) is 19.4 Å². The number of aromatic nitrogens is 3. The number of halogens is 1. The minimum atomic E-state index is -0.871.